The van der Waals surface area contributed by atoms with Crippen molar-refractivity contribution in [2.24, 2.45) is 5.92 Å². The molecule has 1 aromatic heterocycles. The first-order valence-electron chi connectivity index (χ1n) is 10.3. The molecule has 29 heavy (non-hydrogen) atoms. The van der Waals surface area contributed by atoms with E-state index >= 15 is 0 Å². The van der Waals surface area contributed by atoms with Crippen molar-refractivity contribution in [3.63, 3.8) is 0 Å². The highest BCUT2D eigenvalue weighted by Gasteiger charge is 2.29. The number of amides is 1. The third-order valence-corrected chi connectivity index (χ3v) is 5.66. The number of carbonyl (C=O) groups is 2. The summed E-state index contributed by atoms with van der Waals surface area (Å²) in [4.78, 5) is 30.7. The maximum absolute atomic E-state index is 13.0. The fraction of sp³-hybridized carbons (Fsp3) is 0.333. The number of para-hydroxylation sites is 1. The van der Waals surface area contributed by atoms with Crippen LogP contribution in [-0.4, -0.2) is 41.3 Å². The van der Waals surface area contributed by atoms with Gasteiger partial charge in [0.2, 0.25) is 5.91 Å². The molecule has 1 amide bonds. The average molecular weight is 390 g/mol. The number of nitrogens with zero attached hydrogens (tertiary/aromatic N) is 1. The molecule has 0 radical (unpaired) electrons. The van der Waals surface area contributed by atoms with Gasteiger partial charge in [-0.15, -0.1) is 0 Å². The number of aromatic nitrogens is 1. The molecule has 5 nitrogen and oxygen atoms in total. The highest BCUT2D eigenvalue weighted by molar-refractivity contribution is 6.08. The number of piperidine rings is 1. The molecule has 0 bridgehead atoms. The Morgan fingerprint density at radius 1 is 1.07 bits per heavy atom. The fourth-order valence-corrected chi connectivity index (χ4v) is 4.04. The molecule has 4 rings (SSSR count). The van der Waals surface area contributed by atoms with E-state index in [1.807, 2.05) is 66.6 Å². The van der Waals surface area contributed by atoms with Crippen LogP contribution in [0.3, 0.4) is 0 Å². The standard InChI is InChI=1S/C24H26N2O3/c1-2-29-19-9-7-17(8-10-19)15-23(27)26-13-11-18(12-14-26)24(28)21-16-25-22-6-4-3-5-20(21)22/h3-10,16,18,25H,2,11-15H2,1H3. The topological polar surface area (TPSA) is 62.4 Å². The van der Waals surface area contributed by atoms with E-state index in [0.717, 1.165) is 27.8 Å². The zero-order valence-electron chi connectivity index (χ0n) is 16.7. The molecule has 0 saturated carbocycles. The maximum Gasteiger partial charge on any atom is 0.226 e. The van der Waals surface area contributed by atoms with Crippen molar-refractivity contribution in [2.45, 2.75) is 26.2 Å². The van der Waals surface area contributed by atoms with Crippen molar-refractivity contribution in [1.29, 1.82) is 0 Å². The number of hydrogen-bond donors (Lipinski definition) is 1. The second kappa shape index (κ2) is 8.52. The van der Waals surface area contributed by atoms with Crippen molar-refractivity contribution in [1.82, 2.24) is 9.88 Å². The van der Waals surface area contributed by atoms with E-state index in [-0.39, 0.29) is 17.6 Å². The summed E-state index contributed by atoms with van der Waals surface area (Å²) in [6.45, 7) is 3.85. The normalized spacial score (nSPS) is 14.9. The van der Waals surface area contributed by atoms with E-state index in [0.29, 0.717) is 39.0 Å². The largest absolute Gasteiger partial charge is 0.494 e. The molecule has 1 aliphatic rings. The molecule has 0 aliphatic carbocycles. The lowest BCUT2D eigenvalue weighted by Crippen LogP contribution is -2.41. The lowest BCUT2D eigenvalue weighted by Gasteiger charge is -2.31. The molecule has 1 fully saturated rings. The number of carbonyl (C=O) groups excluding carboxylic acids is 2. The second-order valence-electron chi connectivity index (χ2n) is 7.52. The Bertz CT molecular complexity index is 998. The van der Waals surface area contributed by atoms with Gasteiger partial charge < -0.3 is 14.6 Å². The summed E-state index contributed by atoms with van der Waals surface area (Å²) in [5.74, 6) is 1.09. The summed E-state index contributed by atoms with van der Waals surface area (Å²) in [6, 6.07) is 15.6. The predicted molar refractivity (Wildman–Crippen MR) is 113 cm³/mol. The minimum atomic E-state index is -0.0243. The van der Waals surface area contributed by atoms with Crippen molar-refractivity contribution in [3.8, 4) is 5.75 Å². The summed E-state index contributed by atoms with van der Waals surface area (Å²) in [5.41, 5.74) is 2.73. The first kappa shape index (κ1) is 19.2. The number of hydrogen-bond acceptors (Lipinski definition) is 3. The molecule has 2 heterocycles. The van der Waals surface area contributed by atoms with Gasteiger partial charge in [-0.1, -0.05) is 30.3 Å². The van der Waals surface area contributed by atoms with Crippen LogP contribution in [0.5, 0.6) is 5.75 Å². The van der Waals surface area contributed by atoms with Crippen molar-refractivity contribution in [2.75, 3.05) is 19.7 Å². The van der Waals surface area contributed by atoms with E-state index in [4.69, 9.17) is 4.74 Å². The molecule has 2 aromatic carbocycles. The number of Topliss-reactive ketones (excluding diaryl/α,β-unsaturated/α-hetero) is 1. The summed E-state index contributed by atoms with van der Waals surface area (Å²) < 4.78 is 5.44. The smallest absolute Gasteiger partial charge is 0.226 e. The number of rotatable bonds is 6. The number of ketones is 1. The number of likely N-dealkylation sites (tertiary alicyclic amines) is 1. The van der Waals surface area contributed by atoms with E-state index in [2.05, 4.69) is 4.98 Å². The molecule has 1 aliphatic heterocycles. The highest BCUT2D eigenvalue weighted by Crippen LogP contribution is 2.26. The van der Waals surface area contributed by atoms with Crippen LogP contribution in [0.15, 0.2) is 54.7 Å². The Labute approximate surface area is 170 Å². The van der Waals surface area contributed by atoms with Gasteiger partial charge >= 0.3 is 0 Å². The highest BCUT2D eigenvalue weighted by atomic mass is 16.5. The number of H-pyrrole nitrogens is 1. The molecule has 0 spiro atoms. The van der Waals surface area contributed by atoms with Gasteiger partial charge in [0.25, 0.3) is 0 Å². The summed E-state index contributed by atoms with van der Waals surface area (Å²) in [5, 5.41) is 0.978. The molecule has 150 valence electrons. The summed E-state index contributed by atoms with van der Waals surface area (Å²) >= 11 is 0. The SMILES string of the molecule is CCOc1ccc(CC(=O)N2CCC(C(=O)c3c[nH]c4ccccc34)CC2)cc1. The van der Waals surface area contributed by atoms with Crippen LogP contribution in [0.2, 0.25) is 0 Å². The Kier molecular flexibility index (Phi) is 5.65. The monoisotopic (exact) mass is 390 g/mol. The van der Waals surface area contributed by atoms with Crippen molar-refractivity contribution in [3.05, 3.63) is 65.9 Å². The van der Waals surface area contributed by atoms with E-state index in [1.165, 1.54) is 0 Å². The minimum Gasteiger partial charge on any atom is -0.494 e. The van der Waals surface area contributed by atoms with Crippen LogP contribution in [0.4, 0.5) is 0 Å². The van der Waals surface area contributed by atoms with Gasteiger partial charge in [0.1, 0.15) is 5.75 Å². The number of ether oxygens (including phenoxy) is 1. The van der Waals surface area contributed by atoms with Gasteiger partial charge in [-0.3, -0.25) is 9.59 Å². The Morgan fingerprint density at radius 3 is 2.52 bits per heavy atom. The van der Waals surface area contributed by atoms with E-state index in [9.17, 15) is 9.59 Å². The molecule has 1 N–H and O–H groups in total. The van der Waals surface area contributed by atoms with Gasteiger partial charge in [-0.25, -0.2) is 0 Å². The fourth-order valence-electron chi connectivity index (χ4n) is 4.04. The van der Waals surface area contributed by atoms with Crippen LogP contribution in [0, 0.1) is 5.92 Å². The predicted octanol–water partition coefficient (Wildman–Crippen LogP) is 4.23. The minimum absolute atomic E-state index is 0.0243. The van der Waals surface area contributed by atoms with Gasteiger partial charge in [0.15, 0.2) is 5.78 Å². The Hall–Kier alpha value is -3.08. The third-order valence-electron chi connectivity index (χ3n) is 5.66. The molecule has 5 heteroatoms. The summed E-state index contributed by atoms with van der Waals surface area (Å²) in [7, 11) is 0. The van der Waals surface area contributed by atoms with Crippen LogP contribution < -0.4 is 4.74 Å². The molecule has 0 unspecified atom stereocenters. The van der Waals surface area contributed by atoms with Crippen LogP contribution >= 0.6 is 0 Å². The van der Waals surface area contributed by atoms with Gasteiger partial charge in [-0.05, 0) is 43.5 Å². The lowest BCUT2D eigenvalue weighted by atomic mass is 9.88. The average Bonchev–Trinajstić information content (AvgIpc) is 3.19. The van der Waals surface area contributed by atoms with Crippen molar-refractivity contribution < 1.29 is 14.3 Å². The van der Waals surface area contributed by atoms with Gasteiger partial charge in [0, 0.05) is 41.7 Å². The van der Waals surface area contributed by atoms with Gasteiger partial charge in [0.05, 0.1) is 13.0 Å². The molecule has 3 aromatic rings. The molecular weight excluding hydrogens is 364 g/mol. The second-order valence-corrected chi connectivity index (χ2v) is 7.52. The number of fused-ring (bicyclic) bond motifs is 1. The molecule has 1 saturated heterocycles. The maximum atomic E-state index is 13.0. The molecular formula is C24H26N2O3. The Balaban J connectivity index is 1.34. The third kappa shape index (κ3) is 4.19. The zero-order chi connectivity index (χ0) is 20.2. The lowest BCUT2D eigenvalue weighted by molar-refractivity contribution is -0.131. The van der Waals surface area contributed by atoms with Crippen LogP contribution in [0.1, 0.15) is 35.7 Å². The van der Waals surface area contributed by atoms with Crippen molar-refractivity contribution >= 4 is 22.6 Å². The van der Waals surface area contributed by atoms with E-state index < -0.39 is 0 Å². The number of aromatic amines is 1. The van der Waals surface area contributed by atoms with Crippen LogP contribution in [0.25, 0.3) is 10.9 Å². The first-order valence-corrected chi connectivity index (χ1v) is 10.3. The Morgan fingerprint density at radius 2 is 1.79 bits per heavy atom. The number of benzene rings is 2. The zero-order valence-corrected chi connectivity index (χ0v) is 16.7. The van der Waals surface area contributed by atoms with Gasteiger partial charge in [-0.2, -0.15) is 0 Å². The quantitative estimate of drug-likeness (QED) is 0.641. The summed E-state index contributed by atoms with van der Waals surface area (Å²) in [6.07, 6.45) is 3.63. The van der Waals surface area contributed by atoms with Crippen LogP contribution in [-0.2, 0) is 11.2 Å². The van der Waals surface area contributed by atoms with E-state index in [1.54, 1.807) is 0 Å². The molecule has 0 atom stereocenters. The first-order chi connectivity index (χ1) is 14.2. The number of nitrogens with one attached hydrogen (secondary N) is 1.